The van der Waals surface area contributed by atoms with E-state index in [-0.39, 0.29) is 29.6 Å². The third-order valence-corrected chi connectivity index (χ3v) is 4.31. The topological polar surface area (TPSA) is 61.4 Å². The molecular formula is C16H19ClF3N3O2. The second kappa shape index (κ2) is 7.61. The molecule has 1 aromatic rings. The van der Waals surface area contributed by atoms with E-state index in [0.29, 0.717) is 31.8 Å². The normalized spacial score (nSPS) is 17.9. The zero-order chi connectivity index (χ0) is 17.3. The van der Waals surface area contributed by atoms with Crippen molar-refractivity contribution in [2.45, 2.75) is 19.0 Å². The van der Waals surface area contributed by atoms with Gasteiger partial charge in [-0.2, -0.15) is 13.2 Å². The highest BCUT2D eigenvalue weighted by molar-refractivity contribution is 5.99. The third kappa shape index (κ3) is 4.43. The van der Waals surface area contributed by atoms with E-state index in [2.05, 4.69) is 10.6 Å². The van der Waals surface area contributed by atoms with Crippen LogP contribution in [0.25, 0.3) is 0 Å². The van der Waals surface area contributed by atoms with Crippen LogP contribution in [0.15, 0.2) is 18.2 Å². The molecule has 0 aliphatic carbocycles. The van der Waals surface area contributed by atoms with Crippen LogP contribution < -0.4 is 15.5 Å². The second-order valence-electron chi connectivity index (χ2n) is 6.15. The van der Waals surface area contributed by atoms with Crippen molar-refractivity contribution in [3.63, 3.8) is 0 Å². The van der Waals surface area contributed by atoms with Crippen LogP contribution in [0.1, 0.15) is 28.8 Å². The molecule has 2 aliphatic heterocycles. The van der Waals surface area contributed by atoms with Crippen molar-refractivity contribution in [3.8, 4) is 0 Å². The molecule has 2 amide bonds. The van der Waals surface area contributed by atoms with E-state index >= 15 is 0 Å². The molecule has 2 saturated heterocycles. The van der Waals surface area contributed by atoms with Gasteiger partial charge < -0.3 is 15.5 Å². The van der Waals surface area contributed by atoms with E-state index in [1.165, 1.54) is 11.0 Å². The molecule has 0 saturated carbocycles. The number of benzene rings is 1. The zero-order valence-corrected chi connectivity index (χ0v) is 14.2. The Morgan fingerprint density at radius 3 is 2.52 bits per heavy atom. The van der Waals surface area contributed by atoms with Gasteiger partial charge in [-0.1, -0.05) is 0 Å². The number of nitrogens with one attached hydrogen (secondary N) is 2. The van der Waals surface area contributed by atoms with Crippen LogP contribution in [-0.4, -0.2) is 38.0 Å². The third-order valence-electron chi connectivity index (χ3n) is 4.31. The lowest BCUT2D eigenvalue weighted by Crippen LogP contribution is -2.48. The predicted molar refractivity (Wildman–Crippen MR) is 89.0 cm³/mol. The minimum absolute atomic E-state index is 0. The average Bonchev–Trinajstić information content (AvgIpc) is 2.90. The summed E-state index contributed by atoms with van der Waals surface area (Å²) in [7, 11) is 0. The molecule has 2 heterocycles. The summed E-state index contributed by atoms with van der Waals surface area (Å²) in [5.41, 5.74) is -0.871. The molecule has 0 aromatic heterocycles. The summed E-state index contributed by atoms with van der Waals surface area (Å²) in [6, 6.07) is 3.11. The predicted octanol–water partition coefficient (Wildman–Crippen LogP) is 2.20. The molecule has 2 N–H and O–H groups in total. The van der Waals surface area contributed by atoms with Crippen LogP contribution in [0.4, 0.5) is 18.9 Å². The van der Waals surface area contributed by atoms with Gasteiger partial charge in [0.2, 0.25) is 5.91 Å². The fourth-order valence-corrected chi connectivity index (χ4v) is 2.81. The lowest BCUT2D eigenvalue weighted by Gasteiger charge is -2.27. The SMILES string of the molecule is Cl.O=C(NCC1CNC1)c1cc(N2CCCC2=O)cc(C(F)(F)F)c1. The van der Waals surface area contributed by atoms with Crippen molar-refractivity contribution in [3.05, 3.63) is 29.3 Å². The summed E-state index contributed by atoms with van der Waals surface area (Å²) in [6.45, 7) is 2.36. The average molecular weight is 378 g/mol. The smallest absolute Gasteiger partial charge is 0.352 e. The Labute approximate surface area is 149 Å². The lowest BCUT2D eigenvalue weighted by atomic mass is 10.0. The molecule has 138 valence electrons. The van der Waals surface area contributed by atoms with Crippen molar-refractivity contribution >= 4 is 29.9 Å². The Morgan fingerprint density at radius 2 is 2.00 bits per heavy atom. The molecule has 2 aliphatic rings. The van der Waals surface area contributed by atoms with E-state index in [1.807, 2.05) is 0 Å². The molecular weight excluding hydrogens is 359 g/mol. The van der Waals surface area contributed by atoms with E-state index < -0.39 is 17.6 Å². The maximum atomic E-state index is 13.1. The molecule has 1 aromatic carbocycles. The Hall–Kier alpha value is -1.80. The largest absolute Gasteiger partial charge is 0.416 e. The van der Waals surface area contributed by atoms with Gasteiger partial charge >= 0.3 is 6.18 Å². The first-order valence-electron chi connectivity index (χ1n) is 7.86. The quantitative estimate of drug-likeness (QED) is 0.845. The Morgan fingerprint density at radius 1 is 1.28 bits per heavy atom. The van der Waals surface area contributed by atoms with E-state index in [0.717, 1.165) is 25.2 Å². The molecule has 2 fully saturated rings. The van der Waals surface area contributed by atoms with Crippen LogP contribution >= 0.6 is 12.4 Å². The van der Waals surface area contributed by atoms with Gasteiger partial charge in [-0.25, -0.2) is 0 Å². The van der Waals surface area contributed by atoms with Gasteiger partial charge in [0, 0.05) is 49.8 Å². The summed E-state index contributed by atoms with van der Waals surface area (Å²) in [6.07, 6.45) is -3.66. The first-order valence-corrected chi connectivity index (χ1v) is 7.86. The first-order chi connectivity index (χ1) is 11.3. The van der Waals surface area contributed by atoms with Gasteiger partial charge in [0.25, 0.3) is 5.91 Å². The van der Waals surface area contributed by atoms with E-state index in [4.69, 9.17) is 0 Å². The standard InChI is InChI=1S/C16H18F3N3O2.ClH/c17-16(18,19)12-4-11(15(24)21-9-10-7-20-8-10)5-13(6-12)22-3-1-2-14(22)23;/h4-6,10,20H,1-3,7-9H2,(H,21,24);1H. The Kier molecular flexibility index (Phi) is 5.95. The van der Waals surface area contributed by atoms with Gasteiger partial charge in [0.15, 0.2) is 0 Å². The number of amides is 2. The number of carbonyl (C=O) groups is 2. The molecule has 3 rings (SSSR count). The van der Waals surface area contributed by atoms with Crippen molar-refractivity contribution < 1.29 is 22.8 Å². The van der Waals surface area contributed by atoms with Crippen molar-refractivity contribution in [2.75, 3.05) is 31.1 Å². The summed E-state index contributed by atoms with van der Waals surface area (Å²) >= 11 is 0. The number of halogens is 4. The van der Waals surface area contributed by atoms with Crippen molar-refractivity contribution in [1.82, 2.24) is 10.6 Å². The molecule has 25 heavy (non-hydrogen) atoms. The number of rotatable bonds is 4. The van der Waals surface area contributed by atoms with Crippen LogP contribution in [0.3, 0.4) is 0 Å². The van der Waals surface area contributed by atoms with E-state index in [9.17, 15) is 22.8 Å². The number of alkyl halides is 3. The van der Waals surface area contributed by atoms with E-state index in [1.54, 1.807) is 0 Å². The van der Waals surface area contributed by atoms with Gasteiger partial charge in [-0.3, -0.25) is 9.59 Å². The minimum atomic E-state index is -4.58. The number of nitrogens with zero attached hydrogens (tertiary/aromatic N) is 1. The summed E-state index contributed by atoms with van der Waals surface area (Å²) in [5, 5.41) is 5.72. The molecule has 0 atom stereocenters. The van der Waals surface area contributed by atoms with Gasteiger partial charge in [-0.05, 0) is 24.6 Å². The molecule has 9 heteroatoms. The highest BCUT2D eigenvalue weighted by Crippen LogP contribution is 2.34. The Bertz CT molecular complexity index is 663. The lowest BCUT2D eigenvalue weighted by molar-refractivity contribution is -0.137. The second-order valence-corrected chi connectivity index (χ2v) is 6.15. The number of hydrogen-bond donors (Lipinski definition) is 2. The molecule has 5 nitrogen and oxygen atoms in total. The highest BCUT2D eigenvalue weighted by Gasteiger charge is 2.33. The van der Waals surface area contributed by atoms with Gasteiger partial charge in [0.05, 0.1) is 5.56 Å². The van der Waals surface area contributed by atoms with Crippen molar-refractivity contribution in [1.29, 1.82) is 0 Å². The summed E-state index contributed by atoms with van der Waals surface area (Å²) in [5.74, 6) is -0.471. The van der Waals surface area contributed by atoms with Crippen LogP contribution in [0.5, 0.6) is 0 Å². The van der Waals surface area contributed by atoms with Crippen LogP contribution in [0, 0.1) is 5.92 Å². The van der Waals surface area contributed by atoms with Gasteiger partial charge in [0.1, 0.15) is 0 Å². The maximum Gasteiger partial charge on any atom is 0.416 e. The van der Waals surface area contributed by atoms with Crippen LogP contribution in [-0.2, 0) is 11.0 Å². The molecule has 0 radical (unpaired) electrons. The maximum absolute atomic E-state index is 13.1. The summed E-state index contributed by atoms with van der Waals surface area (Å²) in [4.78, 5) is 25.3. The summed E-state index contributed by atoms with van der Waals surface area (Å²) < 4.78 is 39.4. The number of hydrogen-bond acceptors (Lipinski definition) is 3. The number of anilines is 1. The Balaban J connectivity index is 0.00000225. The highest BCUT2D eigenvalue weighted by atomic mass is 35.5. The molecule has 0 unspecified atom stereocenters. The molecule has 0 spiro atoms. The van der Waals surface area contributed by atoms with Crippen molar-refractivity contribution in [2.24, 2.45) is 5.92 Å². The molecule has 0 bridgehead atoms. The van der Waals surface area contributed by atoms with Gasteiger partial charge in [-0.15, -0.1) is 12.4 Å². The fraction of sp³-hybridized carbons (Fsp3) is 0.500. The zero-order valence-electron chi connectivity index (χ0n) is 13.4. The number of carbonyl (C=O) groups excluding carboxylic acids is 2. The monoisotopic (exact) mass is 377 g/mol. The first kappa shape index (κ1) is 19.5. The minimum Gasteiger partial charge on any atom is -0.352 e. The van der Waals surface area contributed by atoms with Crippen LogP contribution in [0.2, 0.25) is 0 Å². The fourth-order valence-electron chi connectivity index (χ4n) is 2.81.